The number of nitrogens with zero attached hydrogens (tertiary/aromatic N) is 3. The number of ether oxygens (including phenoxy) is 1. The average molecular weight is 444 g/mol. The van der Waals surface area contributed by atoms with Crippen LogP contribution < -0.4 is 5.32 Å². The Morgan fingerprint density at radius 3 is 2.48 bits per heavy atom. The number of nitroso groups, excluding NO2 is 1. The molecule has 33 heavy (non-hydrogen) atoms. The summed E-state index contributed by atoms with van der Waals surface area (Å²) in [5.41, 5.74) is 2.64. The Labute approximate surface area is 191 Å². The van der Waals surface area contributed by atoms with Gasteiger partial charge >= 0.3 is 6.09 Å². The second-order valence-corrected chi connectivity index (χ2v) is 7.81. The lowest BCUT2D eigenvalue weighted by Crippen LogP contribution is -2.39. The minimum Gasteiger partial charge on any atom is -0.445 e. The number of anilines is 1. The number of carbonyl (C=O) groups is 2. The first-order chi connectivity index (χ1) is 16.2. The molecule has 1 fully saturated rings. The zero-order valence-electron chi connectivity index (χ0n) is 18.0. The maximum atomic E-state index is 12.7. The van der Waals surface area contributed by atoms with Gasteiger partial charge in [-0.15, -0.1) is 0 Å². The highest BCUT2D eigenvalue weighted by Crippen LogP contribution is 2.33. The van der Waals surface area contributed by atoms with Crippen LogP contribution in [-0.4, -0.2) is 34.5 Å². The van der Waals surface area contributed by atoms with Gasteiger partial charge in [-0.05, 0) is 48.2 Å². The summed E-state index contributed by atoms with van der Waals surface area (Å²) >= 11 is 0. The lowest BCUT2D eigenvalue weighted by atomic mass is 9.97. The van der Waals surface area contributed by atoms with Crippen LogP contribution in [0.2, 0.25) is 0 Å². The Morgan fingerprint density at radius 1 is 1.06 bits per heavy atom. The second kappa shape index (κ2) is 10.5. The molecule has 0 radical (unpaired) electrons. The van der Waals surface area contributed by atoms with Crippen molar-refractivity contribution in [3.8, 4) is 0 Å². The summed E-state index contributed by atoms with van der Waals surface area (Å²) in [6, 6.07) is 18.4. The monoisotopic (exact) mass is 444 g/mol. The summed E-state index contributed by atoms with van der Waals surface area (Å²) < 4.78 is 5.47. The lowest BCUT2D eigenvalue weighted by molar-refractivity contribution is 0.0881. The van der Waals surface area contributed by atoms with Crippen molar-refractivity contribution in [1.82, 2.24) is 9.88 Å². The molecule has 1 N–H and O–H groups in total. The highest BCUT2D eigenvalue weighted by atomic mass is 16.6. The maximum absolute atomic E-state index is 12.7. The van der Waals surface area contributed by atoms with Gasteiger partial charge in [-0.2, -0.15) is 4.91 Å². The molecule has 0 aliphatic carbocycles. The van der Waals surface area contributed by atoms with E-state index in [4.69, 9.17) is 4.74 Å². The van der Waals surface area contributed by atoms with E-state index in [1.807, 2.05) is 30.3 Å². The Hall–Kier alpha value is -4.07. The Kier molecular flexibility index (Phi) is 7.04. The number of pyridine rings is 1. The van der Waals surface area contributed by atoms with E-state index < -0.39 is 12.1 Å². The van der Waals surface area contributed by atoms with E-state index in [0.29, 0.717) is 29.8 Å². The summed E-state index contributed by atoms with van der Waals surface area (Å²) in [5.74, 6) is -0.268. The molecule has 1 aromatic heterocycles. The van der Waals surface area contributed by atoms with Crippen molar-refractivity contribution >= 4 is 17.7 Å². The predicted octanol–water partition coefficient (Wildman–Crippen LogP) is 4.94. The number of benzene rings is 2. The molecule has 0 saturated carbocycles. The molecule has 0 spiro atoms. The molecular formula is C25H24N4O4. The van der Waals surface area contributed by atoms with E-state index >= 15 is 0 Å². The first-order valence-electron chi connectivity index (χ1n) is 10.8. The first kappa shape index (κ1) is 22.1. The van der Waals surface area contributed by atoms with Crippen molar-refractivity contribution in [2.24, 2.45) is 5.18 Å². The minimum atomic E-state index is -0.742. The fourth-order valence-electron chi connectivity index (χ4n) is 3.97. The third kappa shape index (κ3) is 5.41. The zero-order chi connectivity index (χ0) is 23.0. The summed E-state index contributed by atoms with van der Waals surface area (Å²) in [6.07, 6.45) is 4.16. The van der Waals surface area contributed by atoms with Gasteiger partial charge in [0.05, 0.1) is 6.04 Å². The number of rotatable bonds is 7. The molecule has 1 saturated heterocycles. The lowest BCUT2D eigenvalue weighted by Gasteiger charge is -2.27. The highest BCUT2D eigenvalue weighted by Gasteiger charge is 2.37. The van der Waals surface area contributed by atoms with Gasteiger partial charge in [0.15, 0.2) is 0 Å². The van der Waals surface area contributed by atoms with Crippen LogP contribution in [0.1, 0.15) is 40.4 Å². The number of hydrogen-bond donors (Lipinski definition) is 1. The molecule has 3 aromatic rings. The van der Waals surface area contributed by atoms with Crippen LogP contribution in [0.3, 0.4) is 0 Å². The molecule has 8 heteroatoms. The van der Waals surface area contributed by atoms with Crippen LogP contribution in [0.5, 0.6) is 0 Å². The SMILES string of the molecule is O=NC(c1ccc(C(=O)Nc2ccncc2)cc1)C1CCCN1C(=O)OCc1ccccc1. The quantitative estimate of drug-likeness (QED) is 0.520. The number of amides is 2. The maximum Gasteiger partial charge on any atom is 0.410 e. The van der Waals surface area contributed by atoms with Gasteiger partial charge in [0.2, 0.25) is 0 Å². The topological polar surface area (TPSA) is 101 Å². The van der Waals surface area contributed by atoms with E-state index in [0.717, 1.165) is 12.0 Å². The molecule has 4 rings (SSSR count). The third-order valence-corrected chi connectivity index (χ3v) is 5.67. The molecule has 1 aliphatic heterocycles. The fraction of sp³-hybridized carbons (Fsp3) is 0.240. The van der Waals surface area contributed by atoms with Crippen molar-refractivity contribution in [2.75, 3.05) is 11.9 Å². The van der Waals surface area contributed by atoms with Gasteiger partial charge in [-0.25, -0.2) is 4.79 Å². The highest BCUT2D eigenvalue weighted by molar-refractivity contribution is 6.04. The zero-order valence-corrected chi connectivity index (χ0v) is 18.0. The second-order valence-electron chi connectivity index (χ2n) is 7.81. The Morgan fingerprint density at radius 2 is 1.79 bits per heavy atom. The molecule has 2 unspecified atom stereocenters. The van der Waals surface area contributed by atoms with E-state index in [2.05, 4.69) is 15.5 Å². The normalized spacial score (nSPS) is 16.1. The smallest absolute Gasteiger partial charge is 0.410 e. The average Bonchev–Trinajstić information content (AvgIpc) is 3.34. The molecule has 2 amide bonds. The first-order valence-corrected chi connectivity index (χ1v) is 10.8. The molecule has 2 atom stereocenters. The fourth-order valence-corrected chi connectivity index (χ4v) is 3.97. The molecule has 168 valence electrons. The minimum absolute atomic E-state index is 0.170. The van der Waals surface area contributed by atoms with Gasteiger partial charge < -0.3 is 15.0 Å². The van der Waals surface area contributed by atoms with Crippen LogP contribution in [0.15, 0.2) is 84.3 Å². The number of nitrogens with one attached hydrogen (secondary N) is 1. The Bertz CT molecular complexity index is 1090. The molecular weight excluding hydrogens is 420 g/mol. The van der Waals surface area contributed by atoms with Crippen molar-refractivity contribution < 1.29 is 14.3 Å². The number of likely N-dealkylation sites (tertiary alicyclic amines) is 1. The predicted molar refractivity (Wildman–Crippen MR) is 124 cm³/mol. The van der Waals surface area contributed by atoms with Gasteiger partial charge in [0.25, 0.3) is 5.91 Å². The van der Waals surface area contributed by atoms with Crippen LogP contribution in [0.25, 0.3) is 0 Å². The van der Waals surface area contributed by atoms with E-state index in [1.165, 1.54) is 0 Å². The standard InChI is InChI=1S/C25H24N4O4/c30-24(27-21-12-14-26-15-13-21)20-10-8-19(9-11-20)23(28-32)22-7-4-16-29(22)25(31)33-17-18-5-2-1-3-6-18/h1-3,5-6,8-15,22-23H,4,7,16-17H2,(H,26,27,30). The summed E-state index contributed by atoms with van der Waals surface area (Å²) in [4.78, 5) is 42.5. The van der Waals surface area contributed by atoms with E-state index in [9.17, 15) is 14.5 Å². The van der Waals surface area contributed by atoms with Crippen LogP contribution >= 0.6 is 0 Å². The van der Waals surface area contributed by atoms with Crippen molar-refractivity contribution in [1.29, 1.82) is 0 Å². The van der Waals surface area contributed by atoms with Crippen LogP contribution in [0, 0.1) is 4.91 Å². The number of carbonyl (C=O) groups excluding carboxylic acids is 2. The summed E-state index contributed by atoms with van der Waals surface area (Å²) in [6.45, 7) is 0.681. The summed E-state index contributed by atoms with van der Waals surface area (Å²) in [7, 11) is 0. The molecule has 2 aromatic carbocycles. The Balaban J connectivity index is 1.41. The van der Waals surface area contributed by atoms with Gasteiger partial charge in [-0.1, -0.05) is 47.6 Å². The number of aromatic nitrogens is 1. The van der Waals surface area contributed by atoms with Crippen molar-refractivity contribution in [3.05, 3.63) is 101 Å². The third-order valence-electron chi connectivity index (χ3n) is 5.67. The summed E-state index contributed by atoms with van der Waals surface area (Å²) in [5, 5.41) is 6.12. The molecule has 0 bridgehead atoms. The van der Waals surface area contributed by atoms with Crippen LogP contribution in [-0.2, 0) is 11.3 Å². The van der Waals surface area contributed by atoms with Crippen molar-refractivity contribution in [2.45, 2.75) is 31.5 Å². The number of hydrogen-bond acceptors (Lipinski definition) is 6. The largest absolute Gasteiger partial charge is 0.445 e. The van der Waals surface area contributed by atoms with Crippen LogP contribution in [0.4, 0.5) is 10.5 Å². The van der Waals surface area contributed by atoms with Crippen molar-refractivity contribution in [3.63, 3.8) is 0 Å². The van der Waals surface area contributed by atoms with Gasteiger partial charge in [-0.3, -0.25) is 9.78 Å². The van der Waals surface area contributed by atoms with E-state index in [1.54, 1.807) is 53.7 Å². The van der Waals surface area contributed by atoms with Gasteiger partial charge in [0, 0.05) is 30.2 Å². The molecule has 1 aliphatic rings. The van der Waals surface area contributed by atoms with Gasteiger partial charge in [0.1, 0.15) is 12.6 Å². The van der Waals surface area contributed by atoms with E-state index in [-0.39, 0.29) is 18.6 Å². The molecule has 2 heterocycles. The molecule has 8 nitrogen and oxygen atoms in total.